The van der Waals surface area contributed by atoms with E-state index in [0.717, 1.165) is 13.0 Å². The molecule has 100 valence electrons. The molecule has 1 aromatic rings. The van der Waals surface area contributed by atoms with Crippen molar-refractivity contribution >= 4 is 0 Å². The maximum Gasteiger partial charge on any atom is 0.0710 e. The monoisotopic (exact) mass is 248 g/mol. The first-order valence-electron chi connectivity index (χ1n) is 6.88. The Morgan fingerprint density at radius 1 is 1.33 bits per heavy atom. The van der Waals surface area contributed by atoms with Crippen molar-refractivity contribution < 1.29 is 9.84 Å². The quantitative estimate of drug-likeness (QED) is 0.887. The second kappa shape index (κ2) is 5.41. The van der Waals surface area contributed by atoms with Crippen molar-refractivity contribution in [2.45, 2.75) is 45.1 Å². The number of benzene rings is 1. The molecule has 1 aliphatic heterocycles. The third-order valence-electron chi connectivity index (χ3n) is 4.02. The molecule has 1 aliphatic rings. The highest BCUT2D eigenvalue weighted by molar-refractivity contribution is 5.25. The number of aliphatic hydroxyl groups is 1. The lowest BCUT2D eigenvalue weighted by molar-refractivity contribution is -0.00454. The summed E-state index contributed by atoms with van der Waals surface area (Å²) in [5, 5.41) is 10.6. The van der Waals surface area contributed by atoms with Gasteiger partial charge in [-0.25, -0.2) is 0 Å². The van der Waals surface area contributed by atoms with Crippen LogP contribution in [-0.4, -0.2) is 23.9 Å². The molecule has 0 spiro atoms. The Bertz CT molecular complexity index is 373. The molecule has 1 fully saturated rings. The average molecular weight is 248 g/mol. The van der Waals surface area contributed by atoms with E-state index in [2.05, 4.69) is 38.1 Å². The molecule has 0 amide bonds. The van der Waals surface area contributed by atoms with Crippen LogP contribution in [0.15, 0.2) is 24.3 Å². The zero-order valence-corrected chi connectivity index (χ0v) is 11.6. The normalized spacial score (nSPS) is 23.3. The first kappa shape index (κ1) is 13.6. The molecule has 2 nitrogen and oxygen atoms in total. The Labute approximate surface area is 110 Å². The molecular formula is C16H24O2. The van der Waals surface area contributed by atoms with E-state index in [9.17, 15) is 5.11 Å². The first-order chi connectivity index (χ1) is 8.49. The van der Waals surface area contributed by atoms with E-state index in [4.69, 9.17) is 4.74 Å². The number of ether oxygens (including phenoxy) is 1. The maximum absolute atomic E-state index is 10.6. The molecule has 0 aromatic heterocycles. The minimum Gasteiger partial charge on any atom is -0.389 e. The van der Waals surface area contributed by atoms with Gasteiger partial charge < -0.3 is 9.84 Å². The van der Waals surface area contributed by atoms with Gasteiger partial charge in [0, 0.05) is 18.9 Å². The summed E-state index contributed by atoms with van der Waals surface area (Å²) < 4.78 is 5.37. The lowest BCUT2D eigenvalue weighted by Gasteiger charge is -2.29. The van der Waals surface area contributed by atoms with Gasteiger partial charge in [-0.05, 0) is 30.4 Å². The van der Waals surface area contributed by atoms with Crippen molar-refractivity contribution in [2.75, 3.05) is 13.2 Å². The summed E-state index contributed by atoms with van der Waals surface area (Å²) in [7, 11) is 0. The predicted molar refractivity (Wildman–Crippen MR) is 73.8 cm³/mol. The molecule has 2 atom stereocenters. The molecule has 0 aliphatic carbocycles. The zero-order valence-electron chi connectivity index (χ0n) is 11.6. The largest absolute Gasteiger partial charge is 0.389 e. The molecule has 1 aromatic carbocycles. The summed E-state index contributed by atoms with van der Waals surface area (Å²) in [6, 6.07) is 8.61. The summed E-state index contributed by atoms with van der Waals surface area (Å²) in [6.45, 7) is 7.80. The van der Waals surface area contributed by atoms with Gasteiger partial charge in [0.15, 0.2) is 0 Å². The molecule has 2 heteroatoms. The van der Waals surface area contributed by atoms with Crippen LogP contribution in [0.1, 0.15) is 44.2 Å². The minimum atomic E-state index is -0.657. The highest BCUT2D eigenvalue weighted by Crippen LogP contribution is 2.29. The van der Waals surface area contributed by atoms with Gasteiger partial charge >= 0.3 is 0 Å². The van der Waals surface area contributed by atoms with Crippen molar-refractivity contribution in [2.24, 2.45) is 5.92 Å². The Morgan fingerprint density at radius 2 is 2.00 bits per heavy atom. The van der Waals surface area contributed by atoms with E-state index in [0.29, 0.717) is 18.9 Å². The highest BCUT2D eigenvalue weighted by atomic mass is 16.5. The van der Waals surface area contributed by atoms with Gasteiger partial charge in [0.2, 0.25) is 0 Å². The van der Waals surface area contributed by atoms with Crippen LogP contribution >= 0.6 is 0 Å². The summed E-state index contributed by atoms with van der Waals surface area (Å²) in [4.78, 5) is 0. The van der Waals surface area contributed by atoms with Gasteiger partial charge in [-0.1, -0.05) is 38.1 Å². The molecule has 1 heterocycles. The smallest absolute Gasteiger partial charge is 0.0710 e. The van der Waals surface area contributed by atoms with Gasteiger partial charge in [0.1, 0.15) is 0 Å². The van der Waals surface area contributed by atoms with Gasteiger partial charge in [0.05, 0.1) is 12.2 Å². The van der Waals surface area contributed by atoms with Crippen LogP contribution in [0.4, 0.5) is 0 Å². The van der Waals surface area contributed by atoms with E-state index in [-0.39, 0.29) is 5.92 Å². The van der Waals surface area contributed by atoms with Gasteiger partial charge in [-0.2, -0.15) is 0 Å². The van der Waals surface area contributed by atoms with E-state index >= 15 is 0 Å². The SMILES string of the molecule is CC(C)c1ccc(CC(C)(O)C2CCOC2)cc1. The fraction of sp³-hybridized carbons (Fsp3) is 0.625. The summed E-state index contributed by atoms with van der Waals surface area (Å²) in [6.07, 6.45) is 1.68. The lowest BCUT2D eigenvalue weighted by atomic mass is 9.83. The zero-order chi connectivity index (χ0) is 13.2. The fourth-order valence-corrected chi connectivity index (χ4v) is 2.60. The molecule has 0 radical (unpaired) electrons. The molecule has 1 saturated heterocycles. The van der Waals surface area contributed by atoms with Crippen molar-refractivity contribution in [1.82, 2.24) is 0 Å². The summed E-state index contributed by atoms with van der Waals surface area (Å²) in [5.41, 5.74) is 1.90. The number of hydrogen-bond acceptors (Lipinski definition) is 2. The average Bonchev–Trinajstić information content (AvgIpc) is 2.83. The predicted octanol–water partition coefficient (Wildman–Crippen LogP) is 3.14. The highest BCUT2D eigenvalue weighted by Gasteiger charge is 2.34. The van der Waals surface area contributed by atoms with Crippen molar-refractivity contribution in [1.29, 1.82) is 0 Å². The molecule has 1 N–H and O–H groups in total. The number of rotatable bonds is 4. The minimum absolute atomic E-state index is 0.266. The van der Waals surface area contributed by atoms with Crippen LogP contribution in [0.2, 0.25) is 0 Å². The van der Waals surface area contributed by atoms with Crippen LogP contribution < -0.4 is 0 Å². The Balaban J connectivity index is 2.03. The molecule has 18 heavy (non-hydrogen) atoms. The second-order valence-electron chi connectivity index (χ2n) is 5.99. The third kappa shape index (κ3) is 3.12. The summed E-state index contributed by atoms with van der Waals surface area (Å²) in [5.74, 6) is 0.824. The Hall–Kier alpha value is -0.860. The second-order valence-corrected chi connectivity index (χ2v) is 5.99. The van der Waals surface area contributed by atoms with E-state index < -0.39 is 5.60 Å². The van der Waals surface area contributed by atoms with Gasteiger partial charge in [-0.3, -0.25) is 0 Å². The van der Waals surface area contributed by atoms with E-state index in [1.807, 2.05) is 6.92 Å². The summed E-state index contributed by atoms with van der Waals surface area (Å²) >= 11 is 0. The van der Waals surface area contributed by atoms with Crippen molar-refractivity contribution in [3.8, 4) is 0 Å². The maximum atomic E-state index is 10.6. The molecule has 0 saturated carbocycles. The van der Waals surface area contributed by atoms with Crippen LogP contribution in [0.5, 0.6) is 0 Å². The molecule has 0 bridgehead atoms. The Morgan fingerprint density at radius 3 is 2.50 bits per heavy atom. The number of hydrogen-bond donors (Lipinski definition) is 1. The van der Waals surface area contributed by atoms with Crippen LogP contribution in [0, 0.1) is 5.92 Å². The van der Waals surface area contributed by atoms with Crippen molar-refractivity contribution in [3.63, 3.8) is 0 Å². The van der Waals surface area contributed by atoms with Crippen molar-refractivity contribution in [3.05, 3.63) is 35.4 Å². The molecule has 2 rings (SSSR count). The van der Waals surface area contributed by atoms with Crippen LogP contribution in [0.3, 0.4) is 0 Å². The van der Waals surface area contributed by atoms with Crippen LogP contribution in [-0.2, 0) is 11.2 Å². The van der Waals surface area contributed by atoms with Gasteiger partial charge in [-0.15, -0.1) is 0 Å². The Kier molecular flexibility index (Phi) is 4.08. The fourth-order valence-electron chi connectivity index (χ4n) is 2.60. The van der Waals surface area contributed by atoms with Gasteiger partial charge in [0.25, 0.3) is 0 Å². The molecule has 2 unspecified atom stereocenters. The lowest BCUT2D eigenvalue weighted by Crippen LogP contribution is -2.37. The molecular weight excluding hydrogens is 224 g/mol. The van der Waals surface area contributed by atoms with Crippen LogP contribution in [0.25, 0.3) is 0 Å². The first-order valence-corrected chi connectivity index (χ1v) is 6.88. The topological polar surface area (TPSA) is 29.5 Å². The standard InChI is InChI=1S/C16H24O2/c1-12(2)14-6-4-13(5-7-14)10-16(3,17)15-8-9-18-11-15/h4-7,12,15,17H,8-11H2,1-3H3. The van der Waals surface area contributed by atoms with E-state index in [1.54, 1.807) is 0 Å². The van der Waals surface area contributed by atoms with E-state index in [1.165, 1.54) is 11.1 Å². The third-order valence-corrected chi connectivity index (χ3v) is 4.02.